The predicted octanol–water partition coefficient (Wildman–Crippen LogP) is 4.31. The molecule has 0 bridgehead atoms. The zero-order valence-corrected chi connectivity index (χ0v) is 17.9. The fraction of sp³-hybridized carbons (Fsp3) is 0.250. The molecule has 1 aromatic heterocycles. The van der Waals surface area contributed by atoms with Crippen molar-refractivity contribution in [1.29, 1.82) is 0 Å². The number of allylic oxidation sites excluding steroid dienone is 5. The minimum absolute atomic E-state index is 0.0723. The first-order valence-electron chi connectivity index (χ1n) is 10.0. The van der Waals surface area contributed by atoms with Crippen LogP contribution in [0.15, 0.2) is 71.8 Å². The molecular formula is C24H27N5O2. The van der Waals surface area contributed by atoms with Crippen LogP contribution in [-0.4, -0.2) is 34.1 Å². The molecule has 160 valence electrons. The highest BCUT2D eigenvalue weighted by molar-refractivity contribution is 5.86. The highest BCUT2D eigenvalue weighted by atomic mass is 16.5. The Morgan fingerprint density at radius 2 is 2.00 bits per heavy atom. The van der Waals surface area contributed by atoms with Crippen LogP contribution in [-0.2, 0) is 10.3 Å². The van der Waals surface area contributed by atoms with Crippen molar-refractivity contribution < 1.29 is 9.53 Å². The lowest BCUT2D eigenvalue weighted by Crippen LogP contribution is -2.43. The van der Waals surface area contributed by atoms with E-state index >= 15 is 0 Å². The number of hydrogen-bond donors (Lipinski definition) is 1. The number of hydrogen-bond acceptors (Lipinski definition) is 6. The molecule has 2 aromatic rings. The molecule has 0 atom stereocenters. The third kappa shape index (κ3) is 4.95. The van der Waals surface area contributed by atoms with Gasteiger partial charge in [-0.25, -0.2) is 14.5 Å². The summed E-state index contributed by atoms with van der Waals surface area (Å²) in [5.74, 6) is -0.456. The third-order valence-electron chi connectivity index (χ3n) is 5.33. The number of carbonyl (C=O) groups excluding carboxylic acids is 1. The molecule has 1 aliphatic rings. The first kappa shape index (κ1) is 22.1. The van der Waals surface area contributed by atoms with Gasteiger partial charge in [-0.1, -0.05) is 55.7 Å². The molecule has 1 saturated carbocycles. The van der Waals surface area contributed by atoms with E-state index in [1.807, 2.05) is 37.3 Å². The molecule has 1 heterocycles. The SMILES string of the molecule is C=C/C=C(C=C)/C(C)=C/n1nc(C(=O)OC)nc1/N=C/c1ccc(C2(N)CCC2)cc1. The Kier molecular flexibility index (Phi) is 6.77. The summed E-state index contributed by atoms with van der Waals surface area (Å²) in [6.07, 6.45) is 11.8. The Labute approximate surface area is 182 Å². The molecular weight excluding hydrogens is 390 g/mol. The van der Waals surface area contributed by atoms with Crippen molar-refractivity contribution in [2.45, 2.75) is 31.7 Å². The van der Waals surface area contributed by atoms with Gasteiger partial charge in [0.15, 0.2) is 0 Å². The fourth-order valence-corrected chi connectivity index (χ4v) is 3.29. The lowest BCUT2D eigenvalue weighted by molar-refractivity contribution is 0.0587. The van der Waals surface area contributed by atoms with E-state index in [2.05, 4.69) is 28.2 Å². The molecule has 0 unspecified atom stereocenters. The van der Waals surface area contributed by atoms with Gasteiger partial charge in [-0.3, -0.25) is 0 Å². The second-order valence-electron chi connectivity index (χ2n) is 7.44. The highest BCUT2D eigenvalue weighted by Crippen LogP contribution is 2.38. The van der Waals surface area contributed by atoms with Crippen molar-refractivity contribution >= 4 is 24.3 Å². The van der Waals surface area contributed by atoms with Crippen LogP contribution in [0.1, 0.15) is 47.9 Å². The Bertz CT molecular complexity index is 1070. The van der Waals surface area contributed by atoms with E-state index in [0.29, 0.717) is 0 Å². The Morgan fingerprint density at radius 3 is 2.55 bits per heavy atom. The molecule has 3 rings (SSSR count). The highest BCUT2D eigenvalue weighted by Gasteiger charge is 2.33. The monoisotopic (exact) mass is 417 g/mol. The minimum Gasteiger partial charge on any atom is -0.463 e. The summed E-state index contributed by atoms with van der Waals surface area (Å²) in [5, 5.41) is 4.21. The normalized spacial score (nSPS) is 16.1. The molecule has 0 spiro atoms. The largest absolute Gasteiger partial charge is 0.463 e. The van der Waals surface area contributed by atoms with Gasteiger partial charge in [0, 0.05) is 18.0 Å². The summed E-state index contributed by atoms with van der Waals surface area (Å²) in [6.45, 7) is 9.41. The lowest BCUT2D eigenvalue weighted by Gasteiger charge is -2.38. The summed E-state index contributed by atoms with van der Waals surface area (Å²) in [6, 6.07) is 8.01. The van der Waals surface area contributed by atoms with E-state index < -0.39 is 5.97 Å². The predicted molar refractivity (Wildman–Crippen MR) is 123 cm³/mol. The maximum absolute atomic E-state index is 11.9. The number of esters is 1. The van der Waals surface area contributed by atoms with Gasteiger partial charge in [-0.05, 0) is 48.5 Å². The van der Waals surface area contributed by atoms with Gasteiger partial charge >= 0.3 is 5.97 Å². The van der Waals surface area contributed by atoms with Crippen LogP contribution in [0.4, 0.5) is 5.95 Å². The van der Waals surface area contributed by atoms with Crippen LogP contribution in [0.25, 0.3) is 6.20 Å². The summed E-state index contributed by atoms with van der Waals surface area (Å²) >= 11 is 0. The van der Waals surface area contributed by atoms with Gasteiger partial charge in [0.25, 0.3) is 11.8 Å². The van der Waals surface area contributed by atoms with E-state index in [4.69, 9.17) is 10.5 Å². The lowest BCUT2D eigenvalue weighted by atomic mass is 9.73. The first-order valence-corrected chi connectivity index (χ1v) is 10.0. The molecule has 1 aromatic carbocycles. The van der Waals surface area contributed by atoms with E-state index in [1.54, 1.807) is 24.6 Å². The first-order chi connectivity index (χ1) is 14.9. The van der Waals surface area contributed by atoms with Crippen LogP contribution in [0.5, 0.6) is 0 Å². The zero-order chi connectivity index (χ0) is 22.4. The van der Waals surface area contributed by atoms with Crippen molar-refractivity contribution in [3.63, 3.8) is 0 Å². The number of carbonyl (C=O) groups is 1. The third-order valence-corrected chi connectivity index (χ3v) is 5.33. The van der Waals surface area contributed by atoms with Crippen LogP contribution < -0.4 is 5.73 Å². The van der Waals surface area contributed by atoms with Gasteiger partial charge in [-0.2, -0.15) is 4.98 Å². The zero-order valence-electron chi connectivity index (χ0n) is 17.9. The molecule has 7 heteroatoms. The number of rotatable bonds is 8. The molecule has 1 fully saturated rings. The summed E-state index contributed by atoms with van der Waals surface area (Å²) < 4.78 is 6.18. The smallest absolute Gasteiger partial charge is 0.378 e. The number of benzene rings is 1. The molecule has 31 heavy (non-hydrogen) atoms. The van der Waals surface area contributed by atoms with Crippen molar-refractivity contribution in [3.8, 4) is 0 Å². The standard InChI is InChI=1S/C24H27N5O2/c1-5-8-19(6-2)17(3)16-29-23(27-21(28-29)22(30)31-4)26-15-18-9-11-20(12-10-18)24(25)13-7-14-24/h5-6,8-12,15-16H,1-2,7,13-14,25H2,3-4H3/b17-16+,19-8+,26-15+. The topological polar surface area (TPSA) is 95.4 Å². The quantitative estimate of drug-likeness (QED) is 0.392. The minimum atomic E-state index is -0.634. The summed E-state index contributed by atoms with van der Waals surface area (Å²) in [5.41, 5.74) is 9.93. The second-order valence-corrected chi connectivity index (χ2v) is 7.44. The Hall–Kier alpha value is -3.58. The number of aliphatic imine (C=N–C) groups is 1. The van der Waals surface area contributed by atoms with E-state index in [9.17, 15) is 4.79 Å². The maximum atomic E-state index is 11.9. The van der Waals surface area contributed by atoms with E-state index in [1.165, 1.54) is 18.2 Å². The average molecular weight is 418 g/mol. The number of aromatic nitrogens is 3. The number of methoxy groups -OCH3 is 1. The van der Waals surface area contributed by atoms with Gasteiger partial charge in [0.2, 0.25) is 0 Å². The van der Waals surface area contributed by atoms with Crippen molar-refractivity contribution in [1.82, 2.24) is 14.8 Å². The van der Waals surface area contributed by atoms with Crippen molar-refractivity contribution in [2.24, 2.45) is 10.7 Å². The van der Waals surface area contributed by atoms with Gasteiger partial charge in [0.05, 0.1) is 7.11 Å². The van der Waals surface area contributed by atoms with Gasteiger partial charge in [-0.15, -0.1) is 5.10 Å². The number of nitrogens with zero attached hydrogens (tertiary/aromatic N) is 4. The van der Waals surface area contributed by atoms with Gasteiger partial charge < -0.3 is 10.5 Å². The van der Waals surface area contributed by atoms with Gasteiger partial charge in [0.1, 0.15) is 0 Å². The van der Waals surface area contributed by atoms with Crippen LogP contribution in [0.3, 0.4) is 0 Å². The fourth-order valence-electron chi connectivity index (χ4n) is 3.29. The van der Waals surface area contributed by atoms with Crippen LogP contribution >= 0.6 is 0 Å². The molecule has 0 saturated heterocycles. The van der Waals surface area contributed by atoms with Crippen LogP contribution in [0, 0.1) is 0 Å². The average Bonchev–Trinajstić information content (AvgIpc) is 3.16. The summed E-state index contributed by atoms with van der Waals surface area (Å²) in [7, 11) is 1.28. The van der Waals surface area contributed by atoms with Crippen molar-refractivity contribution in [3.05, 3.63) is 83.7 Å². The van der Waals surface area contributed by atoms with E-state index in [-0.39, 0.29) is 17.3 Å². The van der Waals surface area contributed by atoms with E-state index in [0.717, 1.165) is 35.1 Å². The van der Waals surface area contributed by atoms with Crippen molar-refractivity contribution in [2.75, 3.05) is 7.11 Å². The second kappa shape index (κ2) is 9.49. The molecule has 0 amide bonds. The Balaban J connectivity index is 1.91. The molecule has 0 aliphatic heterocycles. The maximum Gasteiger partial charge on any atom is 0.378 e. The van der Waals surface area contributed by atoms with Crippen LogP contribution in [0.2, 0.25) is 0 Å². The Morgan fingerprint density at radius 1 is 1.29 bits per heavy atom. The number of ether oxygens (including phenoxy) is 1. The molecule has 1 aliphatic carbocycles. The number of nitrogens with two attached hydrogens (primary N) is 1. The molecule has 7 nitrogen and oxygen atoms in total. The summed E-state index contributed by atoms with van der Waals surface area (Å²) in [4.78, 5) is 20.6. The molecule has 0 radical (unpaired) electrons. The molecule has 2 N–H and O–H groups in total.